The van der Waals surface area contributed by atoms with Gasteiger partial charge in [0, 0.05) is 25.3 Å². The molecule has 1 aromatic heterocycles. The number of pyridine rings is 1. The number of hydrogen-bond donors (Lipinski definition) is 1. The van der Waals surface area contributed by atoms with Crippen LogP contribution in [0.25, 0.3) is 0 Å². The van der Waals surface area contributed by atoms with Crippen LogP contribution in [-0.2, 0) is 4.74 Å². The summed E-state index contributed by atoms with van der Waals surface area (Å²) in [5, 5.41) is 0. The van der Waals surface area contributed by atoms with Crippen molar-refractivity contribution in [2.24, 2.45) is 0 Å². The molecule has 1 saturated heterocycles. The van der Waals surface area contributed by atoms with Crippen LogP contribution in [0, 0.1) is 0 Å². The van der Waals surface area contributed by atoms with E-state index in [4.69, 9.17) is 10.5 Å². The summed E-state index contributed by atoms with van der Waals surface area (Å²) in [6.07, 6.45) is 1.14. The molecule has 1 aliphatic heterocycles. The molecule has 5 heteroatoms. The topological polar surface area (TPSA) is 68.5 Å². The zero-order valence-corrected chi connectivity index (χ0v) is 10.8. The van der Waals surface area contributed by atoms with E-state index in [1.54, 1.807) is 18.3 Å². The second-order valence-electron chi connectivity index (χ2n) is 4.75. The van der Waals surface area contributed by atoms with Gasteiger partial charge in [-0.2, -0.15) is 0 Å². The molecule has 0 aromatic carbocycles. The van der Waals surface area contributed by atoms with Crippen LogP contribution in [0.3, 0.4) is 0 Å². The Bertz CT molecular complexity index is 434. The normalized spacial score (nSPS) is 21.2. The molecule has 1 aromatic rings. The standard InChI is InChI=1S/C13H19N3O2/c1-9(2)16-6-7-18-11(8-16)12(17)10-4-3-5-15-13(10)14/h3-5,9,11H,6-8H2,1-2H3,(H2,14,15). The molecule has 2 heterocycles. The molecule has 0 amide bonds. The third-order valence-electron chi connectivity index (χ3n) is 3.22. The quantitative estimate of drug-likeness (QED) is 0.808. The highest BCUT2D eigenvalue weighted by Crippen LogP contribution is 2.16. The Labute approximate surface area is 107 Å². The lowest BCUT2D eigenvalue weighted by Crippen LogP contribution is -2.48. The fraction of sp³-hybridized carbons (Fsp3) is 0.538. The van der Waals surface area contributed by atoms with Crippen LogP contribution >= 0.6 is 0 Å². The Balaban J connectivity index is 2.12. The van der Waals surface area contributed by atoms with Gasteiger partial charge in [0.05, 0.1) is 12.2 Å². The van der Waals surface area contributed by atoms with Crippen LogP contribution in [0.1, 0.15) is 24.2 Å². The maximum absolute atomic E-state index is 12.3. The summed E-state index contributed by atoms with van der Waals surface area (Å²) in [6, 6.07) is 3.82. The van der Waals surface area contributed by atoms with E-state index >= 15 is 0 Å². The highest BCUT2D eigenvalue weighted by Gasteiger charge is 2.29. The lowest BCUT2D eigenvalue weighted by atomic mass is 10.1. The first-order valence-corrected chi connectivity index (χ1v) is 6.20. The van der Waals surface area contributed by atoms with Gasteiger partial charge in [0.1, 0.15) is 11.9 Å². The summed E-state index contributed by atoms with van der Waals surface area (Å²) < 4.78 is 5.56. The van der Waals surface area contributed by atoms with E-state index in [1.165, 1.54) is 0 Å². The number of morpholine rings is 1. The number of nitrogens with two attached hydrogens (primary N) is 1. The van der Waals surface area contributed by atoms with Gasteiger partial charge in [0.25, 0.3) is 0 Å². The molecule has 0 spiro atoms. The summed E-state index contributed by atoms with van der Waals surface area (Å²) in [5.41, 5.74) is 6.17. The fourth-order valence-corrected chi connectivity index (χ4v) is 2.10. The third-order valence-corrected chi connectivity index (χ3v) is 3.22. The van der Waals surface area contributed by atoms with E-state index in [1.807, 2.05) is 0 Å². The fourth-order valence-electron chi connectivity index (χ4n) is 2.10. The lowest BCUT2D eigenvalue weighted by molar-refractivity contribution is -0.0255. The third kappa shape index (κ3) is 2.68. The van der Waals surface area contributed by atoms with E-state index in [-0.39, 0.29) is 11.6 Å². The van der Waals surface area contributed by atoms with Gasteiger partial charge in [-0.1, -0.05) is 0 Å². The Morgan fingerprint density at radius 2 is 2.39 bits per heavy atom. The highest BCUT2D eigenvalue weighted by atomic mass is 16.5. The summed E-state index contributed by atoms with van der Waals surface area (Å²) in [6.45, 7) is 6.29. The summed E-state index contributed by atoms with van der Waals surface area (Å²) in [5.74, 6) is 0.193. The molecule has 98 valence electrons. The molecule has 1 atom stereocenters. The average Bonchev–Trinajstić information content (AvgIpc) is 2.38. The average molecular weight is 249 g/mol. The van der Waals surface area contributed by atoms with Gasteiger partial charge in [0.2, 0.25) is 0 Å². The number of aromatic nitrogens is 1. The molecule has 5 nitrogen and oxygen atoms in total. The molecule has 0 radical (unpaired) electrons. The van der Waals surface area contributed by atoms with E-state index in [9.17, 15) is 4.79 Å². The van der Waals surface area contributed by atoms with Crippen LogP contribution < -0.4 is 5.73 Å². The number of carbonyl (C=O) groups excluding carboxylic acids is 1. The van der Waals surface area contributed by atoms with Crippen LogP contribution in [-0.4, -0.2) is 47.5 Å². The molecule has 1 unspecified atom stereocenters. The number of nitrogen functional groups attached to an aromatic ring is 1. The molecule has 0 aliphatic carbocycles. The number of Topliss-reactive ketones (excluding diaryl/α,β-unsaturated/α-hetero) is 1. The van der Waals surface area contributed by atoms with Crippen LogP contribution in [0.5, 0.6) is 0 Å². The van der Waals surface area contributed by atoms with Crippen molar-refractivity contribution < 1.29 is 9.53 Å². The zero-order valence-electron chi connectivity index (χ0n) is 10.8. The van der Waals surface area contributed by atoms with Crippen LogP contribution in [0.2, 0.25) is 0 Å². The van der Waals surface area contributed by atoms with Crippen molar-refractivity contribution in [2.45, 2.75) is 26.0 Å². The van der Waals surface area contributed by atoms with Crippen LogP contribution in [0.15, 0.2) is 18.3 Å². The van der Waals surface area contributed by atoms with Crippen molar-refractivity contribution >= 4 is 11.6 Å². The minimum atomic E-state index is -0.437. The maximum atomic E-state index is 12.3. The van der Waals surface area contributed by atoms with Crippen molar-refractivity contribution in [1.82, 2.24) is 9.88 Å². The van der Waals surface area contributed by atoms with Gasteiger partial charge >= 0.3 is 0 Å². The van der Waals surface area contributed by atoms with Gasteiger partial charge < -0.3 is 10.5 Å². The zero-order chi connectivity index (χ0) is 13.1. The van der Waals surface area contributed by atoms with Crippen molar-refractivity contribution in [2.75, 3.05) is 25.4 Å². The predicted octanol–water partition coefficient (Wildman–Crippen LogP) is 0.956. The first-order chi connectivity index (χ1) is 8.59. The first-order valence-electron chi connectivity index (χ1n) is 6.20. The Morgan fingerprint density at radius 3 is 3.06 bits per heavy atom. The minimum Gasteiger partial charge on any atom is -0.383 e. The minimum absolute atomic E-state index is 0.0778. The Morgan fingerprint density at radius 1 is 1.61 bits per heavy atom. The SMILES string of the molecule is CC(C)N1CCOC(C(=O)c2cccnc2N)C1. The van der Waals surface area contributed by atoms with Crippen molar-refractivity contribution in [3.05, 3.63) is 23.9 Å². The van der Waals surface area contributed by atoms with Gasteiger partial charge in [-0.25, -0.2) is 4.98 Å². The highest BCUT2D eigenvalue weighted by molar-refractivity contribution is 6.03. The number of hydrogen-bond acceptors (Lipinski definition) is 5. The van der Waals surface area contributed by atoms with Crippen LogP contribution in [0.4, 0.5) is 5.82 Å². The Kier molecular flexibility index (Phi) is 3.93. The smallest absolute Gasteiger partial charge is 0.196 e. The van der Waals surface area contributed by atoms with Gasteiger partial charge in [-0.15, -0.1) is 0 Å². The van der Waals surface area contributed by atoms with Gasteiger partial charge in [-0.3, -0.25) is 9.69 Å². The van der Waals surface area contributed by atoms with E-state index in [0.29, 0.717) is 24.8 Å². The second kappa shape index (κ2) is 5.46. The molecule has 2 N–H and O–H groups in total. The number of anilines is 1. The van der Waals surface area contributed by atoms with Crippen molar-refractivity contribution in [3.63, 3.8) is 0 Å². The summed E-state index contributed by atoms with van der Waals surface area (Å²) >= 11 is 0. The van der Waals surface area contributed by atoms with Gasteiger partial charge in [0.15, 0.2) is 5.78 Å². The van der Waals surface area contributed by atoms with E-state index in [0.717, 1.165) is 6.54 Å². The molecule has 2 rings (SSSR count). The molecule has 1 aliphatic rings. The number of ketones is 1. The first kappa shape index (κ1) is 13.0. The van der Waals surface area contributed by atoms with E-state index in [2.05, 4.69) is 23.7 Å². The molecular formula is C13H19N3O2. The second-order valence-corrected chi connectivity index (χ2v) is 4.75. The maximum Gasteiger partial charge on any atom is 0.196 e. The largest absolute Gasteiger partial charge is 0.383 e. The number of nitrogens with zero attached hydrogens (tertiary/aromatic N) is 2. The Hall–Kier alpha value is -1.46. The van der Waals surface area contributed by atoms with Crippen molar-refractivity contribution in [3.8, 4) is 0 Å². The lowest BCUT2D eigenvalue weighted by Gasteiger charge is -2.34. The number of ether oxygens (including phenoxy) is 1. The van der Waals surface area contributed by atoms with E-state index < -0.39 is 6.10 Å². The molecule has 1 fully saturated rings. The molecule has 0 bridgehead atoms. The van der Waals surface area contributed by atoms with Gasteiger partial charge in [-0.05, 0) is 26.0 Å². The van der Waals surface area contributed by atoms with Crippen molar-refractivity contribution in [1.29, 1.82) is 0 Å². The summed E-state index contributed by atoms with van der Waals surface area (Å²) in [4.78, 5) is 18.5. The molecule has 0 saturated carbocycles. The molecule has 18 heavy (non-hydrogen) atoms. The predicted molar refractivity (Wildman–Crippen MR) is 69.4 cm³/mol. The summed E-state index contributed by atoms with van der Waals surface area (Å²) in [7, 11) is 0. The monoisotopic (exact) mass is 249 g/mol. The number of carbonyl (C=O) groups is 1. The number of rotatable bonds is 3. The molecular weight excluding hydrogens is 230 g/mol.